The lowest BCUT2D eigenvalue weighted by atomic mass is 10.0. The van der Waals surface area contributed by atoms with Crippen LogP contribution in [0.5, 0.6) is 0 Å². The zero-order valence-corrected chi connectivity index (χ0v) is 23.0. The number of hydrogen-bond acceptors (Lipinski definition) is 6. The average Bonchev–Trinajstić information content (AvgIpc) is 3.31. The van der Waals surface area contributed by atoms with Gasteiger partial charge < -0.3 is 15.2 Å². The van der Waals surface area contributed by atoms with Crippen molar-refractivity contribution < 1.29 is 37.4 Å². The van der Waals surface area contributed by atoms with E-state index in [9.17, 15) is 22.8 Å². The van der Waals surface area contributed by atoms with Crippen molar-refractivity contribution in [2.75, 3.05) is 26.2 Å². The van der Waals surface area contributed by atoms with E-state index < -0.39 is 12.1 Å². The quantitative estimate of drug-likeness (QED) is 0.341. The molecule has 0 radical (unpaired) electrons. The maximum atomic E-state index is 12.7. The number of morpholine rings is 1. The Morgan fingerprint density at radius 3 is 2.54 bits per heavy atom. The SMILES string of the molecule is CC(=O)c1csc2cccc(CC(=O)NCC3CN(Cc4ccc(Cl)c(Cl)c4)CCO3)c12.O=C(O)C(F)(F)F. The van der Waals surface area contributed by atoms with Gasteiger partial charge in [-0.2, -0.15) is 13.2 Å². The number of rotatable bonds is 7. The number of carboxylic acid groups (broad SMARTS) is 1. The van der Waals surface area contributed by atoms with Crippen LogP contribution >= 0.6 is 34.5 Å². The molecule has 1 aromatic heterocycles. The third-order valence-corrected chi connectivity index (χ3v) is 7.49. The summed E-state index contributed by atoms with van der Waals surface area (Å²) in [5.41, 5.74) is 2.65. The van der Waals surface area contributed by atoms with Crippen LogP contribution in [0.4, 0.5) is 13.2 Å². The Kier molecular flexibility index (Phi) is 10.7. The number of alkyl halides is 3. The number of carboxylic acids is 1. The van der Waals surface area contributed by atoms with E-state index in [0.717, 1.165) is 40.8 Å². The molecular weight excluding hydrogens is 580 g/mol. The predicted molar refractivity (Wildman–Crippen MR) is 144 cm³/mol. The summed E-state index contributed by atoms with van der Waals surface area (Å²) in [5, 5.41) is 14.0. The van der Waals surface area contributed by atoms with E-state index in [-0.39, 0.29) is 24.2 Å². The monoisotopic (exact) mass is 604 g/mol. The zero-order valence-electron chi connectivity index (χ0n) is 20.7. The van der Waals surface area contributed by atoms with Gasteiger partial charge in [0.15, 0.2) is 5.78 Å². The first-order chi connectivity index (χ1) is 18.3. The number of carbonyl (C=O) groups is 3. The molecule has 1 fully saturated rings. The summed E-state index contributed by atoms with van der Waals surface area (Å²) in [6.07, 6.45) is -4.94. The fourth-order valence-electron chi connectivity index (χ4n) is 3.98. The van der Waals surface area contributed by atoms with Crippen molar-refractivity contribution in [1.29, 1.82) is 0 Å². The number of fused-ring (bicyclic) bond motifs is 1. The van der Waals surface area contributed by atoms with Gasteiger partial charge in [-0.1, -0.05) is 41.4 Å². The number of thiophene rings is 1. The van der Waals surface area contributed by atoms with Gasteiger partial charge in [0.05, 0.1) is 29.2 Å². The van der Waals surface area contributed by atoms with Gasteiger partial charge >= 0.3 is 12.1 Å². The number of halogens is 5. The fraction of sp³-hybridized carbons (Fsp3) is 0.346. The molecule has 1 aliphatic rings. The molecule has 1 unspecified atom stereocenters. The second kappa shape index (κ2) is 13.6. The summed E-state index contributed by atoms with van der Waals surface area (Å²) in [4.78, 5) is 35.8. The van der Waals surface area contributed by atoms with Gasteiger partial charge in [0.2, 0.25) is 5.91 Å². The molecule has 210 valence electrons. The topological polar surface area (TPSA) is 95.9 Å². The minimum Gasteiger partial charge on any atom is -0.475 e. The van der Waals surface area contributed by atoms with Crippen LogP contribution in [0.1, 0.15) is 28.4 Å². The van der Waals surface area contributed by atoms with Crippen LogP contribution in [0.3, 0.4) is 0 Å². The molecule has 1 aliphatic heterocycles. The minimum absolute atomic E-state index is 0.0155. The van der Waals surface area contributed by atoms with Crippen LogP contribution in [-0.4, -0.2) is 66.2 Å². The molecule has 7 nitrogen and oxygen atoms in total. The third kappa shape index (κ3) is 8.91. The molecule has 1 amide bonds. The first-order valence-electron chi connectivity index (χ1n) is 11.7. The number of ether oxygens (including phenoxy) is 1. The molecule has 0 saturated carbocycles. The Bertz CT molecular complexity index is 1350. The van der Waals surface area contributed by atoms with Crippen molar-refractivity contribution in [3.8, 4) is 0 Å². The minimum atomic E-state index is -5.08. The lowest BCUT2D eigenvalue weighted by Crippen LogP contribution is -2.47. The van der Waals surface area contributed by atoms with E-state index in [4.69, 9.17) is 37.8 Å². The molecule has 1 saturated heterocycles. The van der Waals surface area contributed by atoms with Crippen LogP contribution in [0.25, 0.3) is 10.1 Å². The molecule has 4 rings (SSSR count). The van der Waals surface area contributed by atoms with E-state index in [2.05, 4.69) is 10.2 Å². The number of benzene rings is 2. The highest BCUT2D eigenvalue weighted by molar-refractivity contribution is 7.17. The lowest BCUT2D eigenvalue weighted by molar-refractivity contribution is -0.192. The number of aliphatic carboxylic acids is 1. The van der Waals surface area contributed by atoms with Crippen LogP contribution in [0, 0.1) is 0 Å². The normalized spacial score (nSPS) is 15.9. The van der Waals surface area contributed by atoms with Crippen LogP contribution in [-0.2, 0) is 27.3 Å². The smallest absolute Gasteiger partial charge is 0.475 e. The second-order valence-electron chi connectivity index (χ2n) is 8.76. The summed E-state index contributed by atoms with van der Waals surface area (Å²) < 4.78 is 38.6. The summed E-state index contributed by atoms with van der Waals surface area (Å²) in [6.45, 7) is 4.89. The van der Waals surface area contributed by atoms with Gasteiger partial charge in [-0.25, -0.2) is 4.79 Å². The summed E-state index contributed by atoms with van der Waals surface area (Å²) in [6, 6.07) is 11.5. The zero-order chi connectivity index (χ0) is 28.7. The van der Waals surface area contributed by atoms with Crippen molar-refractivity contribution in [2.45, 2.75) is 32.2 Å². The van der Waals surface area contributed by atoms with Crippen molar-refractivity contribution in [2.24, 2.45) is 0 Å². The van der Waals surface area contributed by atoms with Gasteiger partial charge in [-0.3, -0.25) is 14.5 Å². The maximum absolute atomic E-state index is 12.7. The molecule has 39 heavy (non-hydrogen) atoms. The van der Waals surface area contributed by atoms with E-state index in [1.807, 2.05) is 41.8 Å². The van der Waals surface area contributed by atoms with Crippen molar-refractivity contribution in [3.63, 3.8) is 0 Å². The van der Waals surface area contributed by atoms with E-state index in [1.54, 1.807) is 6.92 Å². The first-order valence-corrected chi connectivity index (χ1v) is 13.3. The molecular formula is C26H25Cl2F3N2O5S. The van der Waals surface area contributed by atoms with Crippen LogP contribution in [0.15, 0.2) is 41.8 Å². The van der Waals surface area contributed by atoms with E-state index in [1.165, 1.54) is 11.3 Å². The molecule has 0 aliphatic carbocycles. The summed E-state index contributed by atoms with van der Waals surface area (Å²) in [7, 11) is 0. The highest BCUT2D eigenvalue weighted by Gasteiger charge is 2.38. The number of ketones is 1. The summed E-state index contributed by atoms with van der Waals surface area (Å²) >= 11 is 13.7. The largest absolute Gasteiger partial charge is 0.490 e. The van der Waals surface area contributed by atoms with Crippen LogP contribution in [0.2, 0.25) is 10.0 Å². The number of carbonyl (C=O) groups excluding carboxylic acids is 2. The van der Waals surface area contributed by atoms with Crippen LogP contribution < -0.4 is 5.32 Å². The second-order valence-corrected chi connectivity index (χ2v) is 10.5. The number of amides is 1. The number of nitrogens with zero attached hydrogens (tertiary/aromatic N) is 1. The van der Waals surface area contributed by atoms with Crippen molar-refractivity contribution >= 4 is 62.3 Å². The Morgan fingerprint density at radius 1 is 1.18 bits per heavy atom. The molecule has 1 atom stereocenters. The highest BCUT2D eigenvalue weighted by atomic mass is 35.5. The van der Waals surface area contributed by atoms with Gasteiger partial charge in [-0.15, -0.1) is 11.3 Å². The highest BCUT2D eigenvalue weighted by Crippen LogP contribution is 2.30. The standard InChI is InChI=1S/C24H24Cl2N2O3S.C2HF3O2/c1-15(29)19-14-32-22-4-2-3-17(24(19)22)10-23(30)27-11-18-13-28(7-8-31-18)12-16-5-6-20(25)21(26)9-16;3-2(4,5)1(6)7/h2-6,9,14,18H,7-8,10-13H2,1H3,(H,27,30);(H,6,7). The lowest BCUT2D eigenvalue weighted by Gasteiger charge is -2.33. The Balaban J connectivity index is 0.000000532. The first kappa shape index (κ1) is 30.8. The fourth-order valence-corrected chi connectivity index (χ4v) is 5.34. The third-order valence-electron chi connectivity index (χ3n) is 5.80. The van der Waals surface area contributed by atoms with Gasteiger partial charge in [0.1, 0.15) is 0 Å². The Labute approximate surface area is 236 Å². The molecule has 2 aromatic carbocycles. The van der Waals surface area contributed by atoms with E-state index >= 15 is 0 Å². The van der Waals surface area contributed by atoms with E-state index in [0.29, 0.717) is 28.8 Å². The number of hydrogen-bond donors (Lipinski definition) is 2. The molecule has 2 heterocycles. The molecule has 0 bridgehead atoms. The summed E-state index contributed by atoms with van der Waals surface area (Å²) in [5.74, 6) is -2.82. The predicted octanol–water partition coefficient (Wildman–Crippen LogP) is 5.60. The number of Topliss-reactive ketones (excluding diaryl/α,β-unsaturated/α-hetero) is 1. The molecule has 3 aromatic rings. The maximum Gasteiger partial charge on any atom is 0.490 e. The van der Waals surface area contributed by atoms with Crippen molar-refractivity contribution in [3.05, 3.63) is 68.5 Å². The molecule has 2 N–H and O–H groups in total. The Morgan fingerprint density at radius 2 is 1.90 bits per heavy atom. The Hall–Kier alpha value is -2.70. The average molecular weight is 605 g/mol. The van der Waals surface area contributed by atoms with Gasteiger partial charge in [-0.05, 0) is 36.2 Å². The molecule has 13 heteroatoms. The van der Waals surface area contributed by atoms with Gasteiger partial charge in [0, 0.05) is 47.2 Å². The number of nitrogens with one attached hydrogen (secondary N) is 1. The molecule has 0 spiro atoms. The van der Waals surface area contributed by atoms with Crippen molar-refractivity contribution in [1.82, 2.24) is 10.2 Å². The van der Waals surface area contributed by atoms with Gasteiger partial charge in [0.25, 0.3) is 0 Å².